The number of halogens is 2. The third kappa shape index (κ3) is 2.05. The molecule has 3 nitrogen and oxygen atoms in total. The van der Waals surface area contributed by atoms with E-state index in [1.165, 1.54) is 4.38 Å². The molecule has 2 aliphatic rings. The van der Waals surface area contributed by atoms with Gasteiger partial charge in [0.25, 0.3) is 4.38 Å². The van der Waals surface area contributed by atoms with Gasteiger partial charge < -0.3 is 0 Å². The van der Waals surface area contributed by atoms with Crippen LogP contribution < -0.4 is 0 Å². The van der Waals surface area contributed by atoms with E-state index >= 15 is 0 Å². The second kappa shape index (κ2) is 4.93. The molecule has 2 saturated heterocycles. The van der Waals surface area contributed by atoms with E-state index in [2.05, 4.69) is 50.3 Å². The third-order valence-corrected chi connectivity index (χ3v) is 14.5. The summed E-state index contributed by atoms with van der Waals surface area (Å²) in [6, 6.07) is 0. The highest BCUT2D eigenvalue weighted by Gasteiger charge is 2.70. The molecule has 2 atom stereocenters. The number of alkyl halides is 2. The number of rotatable bonds is 2. The molecular weight excluding hydrogens is 422 g/mol. The molecule has 2 aliphatic heterocycles. The van der Waals surface area contributed by atoms with E-state index in [4.69, 9.17) is 0 Å². The molecule has 8 heteroatoms. The largest absolute Gasteiger partial charge is 0.271 e. The highest BCUT2D eigenvalue weighted by atomic mass is 79.9. The normalized spacial score (nSPS) is 36.7. The summed E-state index contributed by atoms with van der Waals surface area (Å²) >= 11 is 10.2. The molecule has 0 aromatic carbocycles. The lowest BCUT2D eigenvalue weighted by Gasteiger charge is -2.29. The van der Waals surface area contributed by atoms with Crippen molar-refractivity contribution in [2.24, 2.45) is 0 Å². The number of thioether (sulfide) groups is 2. The molecule has 0 aromatic rings. The van der Waals surface area contributed by atoms with Crippen LogP contribution in [0.3, 0.4) is 0 Å². The van der Waals surface area contributed by atoms with Crippen LogP contribution in [0.5, 0.6) is 0 Å². The quantitative estimate of drug-likeness (QED) is 0.491. The average molecular weight is 438 g/mol. The van der Waals surface area contributed by atoms with Crippen LogP contribution in [0.4, 0.5) is 0 Å². The van der Waals surface area contributed by atoms with E-state index in [1.54, 1.807) is 23.5 Å². The molecule has 0 amide bonds. The third-order valence-electron chi connectivity index (χ3n) is 3.52. The van der Waals surface area contributed by atoms with Gasteiger partial charge in [-0.3, -0.25) is 0 Å². The van der Waals surface area contributed by atoms with E-state index in [9.17, 15) is 8.42 Å². The smallest absolute Gasteiger partial charge is 0.226 e. The minimum atomic E-state index is -3.14. The molecule has 2 fully saturated rings. The fourth-order valence-electron chi connectivity index (χ4n) is 2.18. The van der Waals surface area contributed by atoms with Crippen LogP contribution in [0.25, 0.3) is 0 Å². The monoisotopic (exact) mass is 436 g/mol. The van der Waals surface area contributed by atoms with Crippen molar-refractivity contribution < 1.29 is 13.0 Å². The van der Waals surface area contributed by atoms with Gasteiger partial charge in [-0.15, -0.1) is 0 Å². The second-order valence-electron chi connectivity index (χ2n) is 4.55. The Hall–Kier alpha value is 1.28. The van der Waals surface area contributed by atoms with Crippen LogP contribution in [0, 0.1) is 0 Å². The maximum atomic E-state index is 12.2. The van der Waals surface area contributed by atoms with Crippen LogP contribution in [-0.2, 0) is 9.84 Å². The molecule has 2 heterocycles. The molecule has 0 aliphatic carbocycles. The van der Waals surface area contributed by atoms with Crippen molar-refractivity contribution in [2.45, 2.75) is 33.3 Å². The first-order chi connectivity index (χ1) is 8.19. The first-order valence-electron chi connectivity index (χ1n) is 5.77. The minimum Gasteiger partial charge on any atom is -0.226 e. The van der Waals surface area contributed by atoms with Gasteiger partial charge in [-0.1, -0.05) is 31.9 Å². The van der Waals surface area contributed by atoms with Crippen LogP contribution in [0.15, 0.2) is 0 Å². The summed E-state index contributed by atoms with van der Waals surface area (Å²) in [4.78, 5) is 0. The predicted molar refractivity (Wildman–Crippen MR) is 88.1 cm³/mol. The molecule has 0 aromatic heterocycles. The van der Waals surface area contributed by atoms with Gasteiger partial charge >= 0.3 is 0 Å². The summed E-state index contributed by atoms with van der Waals surface area (Å²) in [5, 5.41) is 0.0989. The molecule has 0 unspecified atom stereocenters. The first-order valence-corrected chi connectivity index (χ1v) is 10.7. The predicted octanol–water partition coefficient (Wildman–Crippen LogP) is 2.87. The van der Waals surface area contributed by atoms with Gasteiger partial charge in [0.05, 0.1) is 10.5 Å². The van der Waals surface area contributed by atoms with Gasteiger partial charge in [-0.05, 0) is 44.3 Å². The van der Waals surface area contributed by atoms with Gasteiger partial charge in [-0.25, -0.2) is 13.0 Å². The van der Waals surface area contributed by atoms with Crippen molar-refractivity contribution >= 4 is 69.6 Å². The van der Waals surface area contributed by atoms with Gasteiger partial charge in [-0.2, -0.15) is 0 Å². The average Bonchev–Trinajstić information content (AvgIpc) is 2.63. The number of hydrogen-bond donors (Lipinski definition) is 0. The zero-order chi connectivity index (χ0) is 13.8. The second-order valence-corrected chi connectivity index (χ2v) is 14.1. The molecule has 2 rings (SSSR count). The van der Waals surface area contributed by atoms with Crippen molar-refractivity contribution in [3.63, 3.8) is 0 Å². The summed E-state index contributed by atoms with van der Waals surface area (Å²) in [6.07, 6.45) is 0. The SMILES string of the molecule is CC[N+](CC)=C1S[C@@H]2CS(=O)(=O)C(Br)(Br)[C@]2(C)S1. The molecule has 0 bridgehead atoms. The van der Waals surface area contributed by atoms with E-state index in [0.29, 0.717) is 0 Å². The Morgan fingerprint density at radius 3 is 2.39 bits per heavy atom. The summed E-state index contributed by atoms with van der Waals surface area (Å²) in [5.74, 6) is 0.225. The highest BCUT2D eigenvalue weighted by molar-refractivity contribution is 9.28. The lowest BCUT2D eigenvalue weighted by molar-refractivity contribution is -0.515. The van der Waals surface area contributed by atoms with Gasteiger partial charge in [0.2, 0.25) is 0 Å². The maximum Gasteiger partial charge on any atom is 0.271 e. The van der Waals surface area contributed by atoms with Gasteiger partial charge in [0.1, 0.15) is 13.1 Å². The van der Waals surface area contributed by atoms with Gasteiger partial charge in [0.15, 0.2) is 12.4 Å². The van der Waals surface area contributed by atoms with Crippen molar-refractivity contribution in [2.75, 3.05) is 18.8 Å². The molecule has 0 saturated carbocycles. The van der Waals surface area contributed by atoms with Crippen LogP contribution in [-0.4, -0.2) is 48.8 Å². The molecular formula is C10H16Br2NO2S3+. The van der Waals surface area contributed by atoms with Crippen LogP contribution in [0.1, 0.15) is 20.8 Å². The number of sulfone groups is 1. The zero-order valence-corrected chi connectivity index (χ0v) is 16.1. The lowest BCUT2D eigenvalue weighted by atomic mass is 10.1. The molecule has 0 N–H and O–H groups in total. The van der Waals surface area contributed by atoms with Crippen molar-refractivity contribution in [3.8, 4) is 0 Å². The van der Waals surface area contributed by atoms with Gasteiger partial charge in [0, 0.05) is 5.25 Å². The summed E-state index contributed by atoms with van der Waals surface area (Å²) in [6.45, 7) is 8.19. The standard InChI is InChI=1S/C10H16Br2NO2S3/c1-4-13(5-2)8-16-7-6-18(14,15)10(11,12)9(7,3)17-8/h7H,4-6H2,1-3H3/q+1/t7-,9-/m1/s1. The topological polar surface area (TPSA) is 37.1 Å². The van der Waals surface area contributed by atoms with E-state index in [1.807, 2.05) is 6.92 Å². The minimum absolute atomic E-state index is 0.0989. The Balaban J connectivity index is 2.44. The Morgan fingerprint density at radius 2 is 1.94 bits per heavy atom. The summed E-state index contributed by atoms with van der Waals surface area (Å²) < 4.78 is 26.5. The first kappa shape index (κ1) is 15.7. The lowest BCUT2D eigenvalue weighted by Crippen LogP contribution is -2.41. The molecule has 0 radical (unpaired) electrons. The van der Waals surface area contributed by atoms with Crippen LogP contribution >= 0.6 is 55.4 Å². The summed E-state index contributed by atoms with van der Waals surface area (Å²) in [5.41, 5.74) is 0. The molecule has 18 heavy (non-hydrogen) atoms. The molecule has 104 valence electrons. The van der Waals surface area contributed by atoms with E-state index in [-0.39, 0.29) is 15.7 Å². The fraction of sp³-hybridized carbons (Fsp3) is 0.900. The fourth-order valence-corrected chi connectivity index (χ4v) is 11.0. The Bertz CT molecular complexity index is 497. The summed E-state index contributed by atoms with van der Waals surface area (Å²) in [7, 11) is -3.14. The Labute approximate surface area is 134 Å². The maximum absolute atomic E-state index is 12.2. The van der Waals surface area contributed by atoms with Crippen molar-refractivity contribution in [3.05, 3.63) is 0 Å². The Kier molecular flexibility index (Phi) is 4.29. The van der Waals surface area contributed by atoms with Crippen molar-refractivity contribution in [1.82, 2.24) is 0 Å². The van der Waals surface area contributed by atoms with E-state index < -0.39 is 12.4 Å². The zero-order valence-electron chi connectivity index (χ0n) is 10.4. The van der Waals surface area contributed by atoms with Crippen molar-refractivity contribution in [1.29, 1.82) is 0 Å². The number of fused-ring (bicyclic) bond motifs is 1. The van der Waals surface area contributed by atoms with E-state index in [0.717, 1.165) is 13.1 Å². The van der Waals surface area contributed by atoms with Crippen LogP contribution in [0.2, 0.25) is 0 Å². The number of hydrogen-bond acceptors (Lipinski definition) is 4. The highest BCUT2D eigenvalue weighted by Crippen LogP contribution is 2.65. The Morgan fingerprint density at radius 1 is 1.39 bits per heavy atom. The number of nitrogens with zero attached hydrogens (tertiary/aromatic N) is 1. The molecule has 0 spiro atoms.